The fourth-order valence-corrected chi connectivity index (χ4v) is 2.15. The van der Waals surface area contributed by atoms with Crippen LogP contribution in [0.25, 0.3) is 0 Å². The van der Waals surface area contributed by atoms with Crippen molar-refractivity contribution in [3.05, 3.63) is 59.2 Å². The molecule has 2 aromatic rings. The zero-order chi connectivity index (χ0) is 13.8. The maximum absolute atomic E-state index is 9.27. The molecule has 0 aromatic heterocycles. The van der Waals surface area contributed by atoms with Gasteiger partial charge in [-0.2, -0.15) is 0 Å². The van der Waals surface area contributed by atoms with Crippen LogP contribution in [0.2, 0.25) is 0 Å². The standard InChI is InChI=1S/C17H21NO/c1-12-4-7-16(10-13(12)2)18-14(3)11-15-5-8-17(19)9-6-15/h4-10,14,18-19H,11H2,1-3H3. The highest BCUT2D eigenvalue weighted by atomic mass is 16.3. The predicted octanol–water partition coefficient (Wildman–Crippen LogP) is 4.05. The number of anilines is 1. The Morgan fingerprint density at radius 3 is 2.32 bits per heavy atom. The Balaban J connectivity index is 1.98. The Morgan fingerprint density at radius 2 is 1.68 bits per heavy atom. The molecule has 0 radical (unpaired) electrons. The summed E-state index contributed by atoms with van der Waals surface area (Å²) in [5.41, 5.74) is 5.01. The molecule has 100 valence electrons. The number of aryl methyl sites for hydroxylation is 2. The Morgan fingerprint density at radius 1 is 1.00 bits per heavy atom. The molecule has 0 bridgehead atoms. The average Bonchev–Trinajstić information content (AvgIpc) is 2.37. The molecule has 0 aliphatic heterocycles. The number of nitrogens with one attached hydrogen (secondary N) is 1. The quantitative estimate of drug-likeness (QED) is 0.863. The van der Waals surface area contributed by atoms with E-state index in [9.17, 15) is 5.11 Å². The molecule has 0 aliphatic carbocycles. The number of benzene rings is 2. The normalized spacial score (nSPS) is 12.2. The van der Waals surface area contributed by atoms with E-state index >= 15 is 0 Å². The molecule has 0 spiro atoms. The Labute approximate surface area is 115 Å². The van der Waals surface area contributed by atoms with Crippen LogP contribution in [-0.2, 0) is 6.42 Å². The second-order valence-electron chi connectivity index (χ2n) is 5.21. The fraction of sp³-hybridized carbons (Fsp3) is 0.294. The van der Waals surface area contributed by atoms with E-state index in [2.05, 4.69) is 44.3 Å². The third-order valence-electron chi connectivity index (χ3n) is 3.40. The van der Waals surface area contributed by atoms with Crippen molar-refractivity contribution >= 4 is 5.69 Å². The smallest absolute Gasteiger partial charge is 0.115 e. The Bertz CT molecular complexity index is 546. The lowest BCUT2D eigenvalue weighted by molar-refractivity contribution is 0.475. The van der Waals surface area contributed by atoms with Crippen molar-refractivity contribution in [3.8, 4) is 5.75 Å². The van der Waals surface area contributed by atoms with Crippen LogP contribution in [-0.4, -0.2) is 11.1 Å². The van der Waals surface area contributed by atoms with Gasteiger partial charge in [0.15, 0.2) is 0 Å². The molecule has 0 saturated heterocycles. The molecule has 2 N–H and O–H groups in total. The van der Waals surface area contributed by atoms with E-state index < -0.39 is 0 Å². The van der Waals surface area contributed by atoms with E-state index in [0.717, 1.165) is 12.1 Å². The van der Waals surface area contributed by atoms with Crippen LogP contribution < -0.4 is 5.32 Å². The second kappa shape index (κ2) is 5.79. The van der Waals surface area contributed by atoms with Gasteiger partial charge in [0.2, 0.25) is 0 Å². The average molecular weight is 255 g/mol. The summed E-state index contributed by atoms with van der Waals surface area (Å²) in [4.78, 5) is 0. The first-order valence-electron chi connectivity index (χ1n) is 6.66. The summed E-state index contributed by atoms with van der Waals surface area (Å²) in [7, 11) is 0. The van der Waals surface area contributed by atoms with Gasteiger partial charge in [0.1, 0.15) is 5.75 Å². The fourth-order valence-electron chi connectivity index (χ4n) is 2.15. The lowest BCUT2D eigenvalue weighted by atomic mass is 10.1. The van der Waals surface area contributed by atoms with Crippen molar-refractivity contribution in [2.45, 2.75) is 33.2 Å². The summed E-state index contributed by atoms with van der Waals surface area (Å²) >= 11 is 0. The van der Waals surface area contributed by atoms with E-state index in [1.165, 1.54) is 16.7 Å². The number of hydrogen-bond acceptors (Lipinski definition) is 2. The van der Waals surface area contributed by atoms with E-state index in [-0.39, 0.29) is 0 Å². The molecule has 0 aliphatic rings. The van der Waals surface area contributed by atoms with Crippen LogP contribution in [0.5, 0.6) is 5.75 Å². The van der Waals surface area contributed by atoms with Crippen LogP contribution in [0.15, 0.2) is 42.5 Å². The minimum Gasteiger partial charge on any atom is -0.508 e. The van der Waals surface area contributed by atoms with Crippen molar-refractivity contribution in [3.63, 3.8) is 0 Å². The number of phenols is 1. The highest BCUT2D eigenvalue weighted by Gasteiger charge is 2.04. The molecule has 0 saturated carbocycles. The summed E-state index contributed by atoms with van der Waals surface area (Å²) in [6, 6.07) is 14.2. The van der Waals surface area contributed by atoms with Gasteiger partial charge < -0.3 is 10.4 Å². The molecule has 1 unspecified atom stereocenters. The largest absolute Gasteiger partial charge is 0.508 e. The summed E-state index contributed by atoms with van der Waals surface area (Å²) in [5.74, 6) is 0.318. The lowest BCUT2D eigenvalue weighted by Crippen LogP contribution is -2.18. The molecule has 1 atom stereocenters. The lowest BCUT2D eigenvalue weighted by Gasteiger charge is -2.16. The van der Waals surface area contributed by atoms with Crippen molar-refractivity contribution in [2.24, 2.45) is 0 Å². The summed E-state index contributed by atoms with van der Waals surface area (Å²) in [6.45, 7) is 6.42. The number of rotatable bonds is 4. The van der Waals surface area contributed by atoms with Gasteiger partial charge in [-0.05, 0) is 68.1 Å². The zero-order valence-corrected chi connectivity index (χ0v) is 11.8. The number of hydrogen-bond donors (Lipinski definition) is 2. The topological polar surface area (TPSA) is 32.3 Å². The molecule has 0 fully saturated rings. The van der Waals surface area contributed by atoms with Gasteiger partial charge in [-0.3, -0.25) is 0 Å². The summed E-state index contributed by atoms with van der Waals surface area (Å²) in [6.07, 6.45) is 0.938. The van der Waals surface area contributed by atoms with Gasteiger partial charge in [0.05, 0.1) is 0 Å². The number of aromatic hydroxyl groups is 1. The summed E-state index contributed by atoms with van der Waals surface area (Å²) in [5, 5.41) is 12.8. The zero-order valence-electron chi connectivity index (χ0n) is 11.8. The van der Waals surface area contributed by atoms with Crippen LogP contribution in [0.3, 0.4) is 0 Å². The van der Waals surface area contributed by atoms with Gasteiger partial charge >= 0.3 is 0 Å². The minimum absolute atomic E-state index is 0.318. The van der Waals surface area contributed by atoms with E-state index in [1.54, 1.807) is 12.1 Å². The van der Waals surface area contributed by atoms with E-state index in [1.807, 2.05) is 12.1 Å². The van der Waals surface area contributed by atoms with Crippen LogP contribution in [0, 0.1) is 13.8 Å². The monoisotopic (exact) mass is 255 g/mol. The third-order valence-corrected chi connectivity index (χ3v) is 3.40. The second-order valence-corrected chi connectivity index (χ2v) is 5.21. The van der Waals surface area contributed by atoms with Gasteiger partial charge in [-0.15, -0.1) is 0 Å². The van der Waals surface area contributed by atoms with Gasteiger partial charge in [0.25, 0.3) is 0 Å². The summed E-state index contributed by atoms with van der Waals surface area (Å²) < 4.78 is 0. The van der Waals surface area contributed by atoms with E-state index in [4.69, 9.17) is 0 Å². The van der Waals surface area contributed by atoms with Crippen molar-refractivity contribution in [1.29, 1.82) is 0 Å². The molecular formula is C17H21NO. The maximum Gasteiger partial charge on any atom is 0.115 e. The first kappa shape index (κ1) is 13.5. The first-order chi connectivity index (χ1) is 9.04. The Kier molecular flexibility index (Phi) is 4.10. The van der Waals surface area contributed by atoms with Crippen LogP contribution in [0.4, 0.5) is 5.69 Å². The van der Waals surface area contributed by atoms with Gasteiger partial charge in [-0.1, -0.05) is 18.2 Å². The van der Waals surface area contributed by atoms with Crippen molar-refractivity contribution in [2.75, 3.05) is 5.32 Å². The minimum atomic E-state index is 0.318. The molecule has 2 aromatic carbocycles. The van der Waals surface area contributed by atoms with Crippen molar-refractivity contribution < 1.29 is 5.11 Å². The van der Waals surface area contributed by atoms with E-state index in [0.29, 0.717) is 11.8 Å². The molecule has 0 amide bonds. The highest BCUT2D eigenvalue weighted by Crippen LogP contribution is 2.17. The van der Waals surface area contributed by atoms with Gasteiger partial charge in [-0.25, -0.2) is 0 Å². The molecular weight excluding hydrogens is 234 g/mol. The van der Waals surface area contributed by atoms with Crippen molar-refractivity contribution in [1.82, 2.24) is 0 Å². The highest BCUT2D eigenvalue weighted by molar-refractivity contribution is 5.48. The molecule has 2 nitrogen and oxygen atoms in total. The number of phenolic OH excluding ortho intramolecular Hbond substituents is 1. The van der Waals surface area contributed by atoms with Crippen LogP contribution >= 0.6 is 0 Å². The molecule has 2 rings (SSSR count). The van der Waals surface area contributed by atoms with Gasteiger partial charge in [0, 0.05) is 11.7 Å². The molecule has 0 heterocycles. The SMILES string of the molecule is Cc1ccc(NC(C)Cc2ccc(O)cc2)cc1C. The first-order valence-corrected chi connectivity index (χ1v) is 6.66. The van der Waals surface area contributed by atoms with Crippen LogP contribution in [0.1, 0.15) is 23.6 Å². The molecule has 2 heteroatoms. The predicted molar refractivity (Wildman–Crippen MR) is 80.8 cm³/mol. The molecule has 19 heavy (non-hydrogen) atoms. The third kappa shape index (κ3) is 3.75. The Hall–Kier alpha value is -1.96. The maximum atomic E-state index is 9.27.